The van der Waals surface area contributed by atoms with E-state index in [1.165, 1.54) is 42.2 Å². The largest absolute Gasteiger partial charge is 0.329 e. The molecule has 0 spiro atoms. The summed E-state index contributed by atoms with van der Waals surface area (Å²) in [5.74, 6) is 0.871. The van der Waals surface area contributed by atoms with Crippen LogP contribution in [-0.2, 0) is 20.0 Å². The lowest BCUT2D eigenvalue weighted by Crippen LogP contribution is -2.29. The van der Waals surface area contributed by atoms with E-state index in [1.807, 2.05) is 22.8 Å². The molecule has 0 atom stereocenters. The van der Waals surface area contributed by atoms with Crippen molar-refractivity contribution in [3.63, 3.8) is 0 Å². The summed E-state index contributed by atoms with van der Waals surface area (Å²) >= 11 is 1.65. The number of nitrogens with zero attached hydrogens (tertiary/aromatic N) is 3. The van der Waals surface area contributed by atoms with Crippen LogP contribution in [-0.4, -0.2) is 24.9 Å². The van der Waals surface area contributed by atoms with Gasteiger partial charge in [-0.1, -0.05) is 87.5 Å². The van der Waals surface area contributed by atoms with Crippen molar-refractivity contribution in [2.24, 2.45) is 7.05 Å². The molecule has 162 valence electrons. The van der Waals surface area contributed by atoms with Crippen molar-refractivity contribution in [2.75, 3.05) is 5.75 Å². The zero-order valence-corrected chi connectivity index (χ0v) is 18.8. The number of H-pyrrole nitrogens is 1. The van der Waals surface area contributed by atoms with Gasteiger partial charge in [-0.25, -0.2) is 9.78 Å². The molecule has 0 aliphatic rings. The molecular formula is C23H32N4O2S. The van der Waals surface area contributed by atoms with Crippen molar-refractivity contribution in [1.29, 1.82) is 0 Å². The Labute approximate surface area is 181 Å². The maximum absolute atomic E-state index is 12.5. The third-order valence-corrected chi connectivity index (χ3v) is 6.40. The van der Waals surface area contributed by atoms with Crippen LogP contribution < -0.4 is 11.2 Å². The third-order valence-electron chi connectivity index (χ3n) is 5.42. The van der Waals surface area contributed by atoms with Gasteiger partial charge in [0.2, 0.25) is 0 Å². The fourth-order valence-corrected chi connectivity index (χ4v) is 4.67. The van der Waals surface area contributed by atoms with E-state index in [4.69, 9.17) is 0 Å². The van der Waals surface area contributed by atoms with Gasteiger partial charge in [-0.2, -0.15) is 0 Å². The number of fused-ring (bicyclic) bond motifs is 1. The van der Waals surface area contributed by atoms with Crippen LogP contribution >= 0.6 is 11.8 Å². The van der Waals surface area contributed by atoms with Gasteiger partial charge in [0.05, 0.1) is 0 Å². The van der Waals surface area contributed by atoms with Gasteiger partial charge in [-0.3, -0.25) is 14.3 Å². The van der Waals surface area contributed by atoms with Gasteiger partial charge in [0.15, 0.2) is 16.3 Å². The van der Waals surface area contributed by atoms with Gasteiger partial charge < -0.3 is 4.57 Å². The summed E-state index contributed by atoms with van der Waals surface area (Å²) in [4.78, 5) is 31.7. The van der Waals surface area contributed by atoms with E-state index in [0.29, 0.717) is 11.2 Å². The summed E-state index contributed by atoms with van der Waals surface area (Å²) in [6.45, 7) is 2.98. The normalized spacial score (nSPS) is 11.4. The Kier molecular flexibility index (Phi) is 8.37. The summed E-state index contributed by atoms with van der Waals surface area (Å²) < 4.78 is 3.44. The van der Waals surface area contributed by atoms with E-state index in [0.717, 1.165) is 36.7 Å². The molecule has 0 radical (unpaired) electrons. The van der Waals surface area contributed by atoms with Gasteiger partial charge >= 0.3 is 5.69 Å². The first kappa shape index (κ1) is 22.4. The molecule has 3 rings (SSSR count). The van der Waals surface area contributed by atoms with Crippen molar-refractivity contribution in [3.8, 4) is 0 Å². The number of hydrogen-bond acceptors (Lipinski definition) is 4. The second-order valence-corrected chi connectivity index (χ2v) is 8.80. The number of benzene rings is 1. The first-order valence-electron chi connectivity index (χ1n) is 11.0. The van der Waals surface area contributed by atoms with Crippen LogP contribution in [0.1, 0.15) is 57.4 Å². The van der Waals surface area contributed by atoms with Gasteiger partial charge in [-0.05, 0) is 18.4 Å². The van der Waals surface area contributed by atoms with Crippen LogP contribution in [0.3, 0.4) is 0 Å². The second-order valence-electron chi connectivity index (χ2n) is 7.74. The van der Waals surface area contributed by atoms with Gasteiger partial charge in [0, 0.05) is 19.3 Å². The molecule has 1 aromatic carbocycles. The highest BCUT2D eigenvalue weighted by atomic mass is 32.2. The lowest BCUT2D eigenvalue weighted by atomic mass is 10.1. The zero-order chi connectivity index (χ0) is 21.3. The lowest BCUT2D eigenvalue weighted by Gasteiger charge is -2.09. The van der Waals surface area contributed by atoms with Gasteiger partial charge in [0.25, 0.3) is 5.56 Å². The minimum Gasteiger partial charge on any atom is -0.313 e. The van der Waals surface area contributed by atoms with Gasteiger partial charge in [-0.15, -0.1) is 0 Å². The molecule has 3 aromatic rings. The number of hydrogen-bond donors (Lipinski definition) is 1. The Morgan fingerprint density at radius 1 is 1.00 bits per heavy atom. The Morgan fingerprint density at radius 2 is 1.70 bits per heavy atom. The predicted molar refractivity (Wildman–Crippen MR) is 124 cm³/mol. The molecule has 0 aliphatic carbocycles. The SMILES string of the molecule is CCCCCCCCCn1c(SCCc2ccccc2)nc2c1c(=O)[nH]c(=O)n2C. The fraction of sp³-hybridized carbons (Fsp3) is 0.522. The second kappa shape index (κ2) is 11.2. The number of unbranched alkanes of at least 4 members (excludes halogenated alkanes) is 6. The third kappa shape index (κ3) is 5.65. The van der Waals surface area contributed by atoms with Crippen LogP contribution in [0.2, 0.25) is 0 Å². The topological polar surface area (TPSA) is 72.7 Å². The molecule has 0 amide bonds. The van der Waals surface area contributed by atoms with Crippen LogP contribution in [0.4, 0.5) is 0 Å². The number of rotatable bonds is 12. The van der Waals surface area contributed by atoms with E-state index < -0.39 is 5.69 Å². The summed E-state index contributed by atoms with van der Waals surface area (Å²) in [6, 6.07) is 10.4. The van der Waals surface area contributed by atoms with Crippen molar-refractivity contribution < 1.29 is 0 Å². The summed E-state index contributed by atoms with van der Waals surface area (Å²) in [5, 5.41) is 0.818. The quantitative estimate of drug-likeness (QED) is 0.340. The first-order valence-corrected chi connectivity index (χ1v) is 12.0. The number of imidazole rings is 1. The molecule has 0 bridgehead atoms. The highest BCUT2D eigenvalue weighted by Crippen LogP contribution is 2.23. The summed E-state index contributed by atoms with van der Waals surface area (Å²) in [7, 11) is 1.66. The number of thioether (sulfide) groups is 1. The minimum absolute atomic E-state index is 0.349. The molecule has 6 nitrogen and oxygen atoms in total. The molecule has 2 aromatic heterocycles. The van der Waals surface area contributed by atoms with Crippen LogP contribution in [0, 0.1) is 0 Å². The predicted octanol–water partition coefficient (Wildman–Crippen LogP) is 4.51. The molecule has 30 heavy (non-hydrogen) atoms. The van der Waals surface area contributed by atoms with Crippen molar-refractivity contribution in [1.82, 2.24) is 19.1 Å². The maximum Gasteiger partial charge on any atom is 0.329 e. The molecule has 0 saturated carbocycles. The molecule has 7 heteroatoms. The maximum atomic E-state index is 12.5. The average molecular weight is 429 g/mol. The van der Waals surface area contributed by atoms with E-state index in [-0.39, 0.29) is 5.56 Å². The Morgan fingerprint density at radius 3 is 2.43 bits per heavy atom. The average Bonchev–Trinajstić information content (AvgIpc) is 3.11. The molecule has 0 fully saturated rings. The molecule has 2 heterocycles. The van der Waals surface area contributed by atoms with Crippen molar-refractivity contribution in [2.45, 2.75) is 70.0 Å². The summed E-state index contributed by atoms with van der Waals surface area (Å²) in [5.41, 5.74) is 1.48. The van der Waals surface area contributed by atoms with Crippen LogP contribution in [0.15, 0.2) is 45.1 Å². The number of aromatic nitrogens is 4. The van der Waals surface area contributed by atoms with E-state index in [1.54, 1.807) is 18.8 Å². The molecule has 0 aliphatic heterocycles. The van der Waals surface area contributed by atoms with Crippen molar-refractivity contribution in [3.05, 3.63) is 56.7 Å². The lowest BCUT2D eigenvalue weighted by molar-refractivity contribution is 0.538. The molecule has 0 unspecified atom stereocenters. The Hall–Kier alpha value is -2.28. The monoisotopic (exact) mass is 428 g/mol. The minimum atomic E-state index is -0.422. The molecule has 0 saturated heterocycles. The number of aryl methyl sites for hydroxylation is 3. The zero-order valence-electron chi connectivity index (χ0n) is 18.0. The summed E-state index contributed by atoms with van der Waals surface area (Å²) in [6.07, 6.45) is 9.43. The van der Waals surface area contributed by atoms with Crippen LogP contribution in [0.25, 0.3) is 11.2 Å². The Balaban J connectivity index is 1.74. The first-order chi connectivity index (χ1) is 14.6. The van der Waals surface area contributed by atoms with Gasteiger partial charge in [0.1, 0.15) is 0 Å². The van der Waals surface area contributed by atoms with E-state index in [9.17, 15) is 9.59 Å². The molecule has 1 N–H and O–H groups in total. The highest BCUT2D eigenvalue weighted by molar-refractivity contribution is 7.99. The fourth-order valence-electron chi connectivity index (χ4n) is 3.66. The van der Waals surface area contributed by atoms with E-state index >= 15 is 0 Å². The smallest absolute Gasteiger partial charge is 0.313 e. The number of nitrogens with one attached hydrogen (secondary N) is 1. The standard InChI is InChI=1S/C23H32N4O2S/c1-3-4-5-6-7-8-12-16-27-19-20(26(2)22(29)25-21(19)28)24-23(27)30-17-15-18-13-10-9-11-14-18/h9-11,13-14H,3-8,12,15-17H2,1-2H3,(H,25,28,29). The number of aromatic amines is 1. The highest BCUT2D eigenvalue weighted by Gasteiger charge is 2.17. The van der Waals surface area contributed by atoms with Crippen LogP contribution in [0.5, 0.6) is 0 Å². The molecular weight excluding hydrogens is 396 g/mol. The van der Waals surface area contributed by atoms with E-state index in [2.05, 4.69) is 29.0 Å². The van der Waals surface area contributed by atoms with Crippen molar-refractivity contribution >= 4 is 22.9 Å². The Bertz CT molecular complexity index is 1050.